The Kier molecular flexibility index (Phi) is 6.10. The summed E-state index contributed by atoms with van der Waals surface area (Å²) in [4.78, 5) is 27.8. The summed E-state index contributed by atoms with van der Waals surface area (Å²) < 4.78 is 31.6. The van der Waals surface area contributed by atoms with Gasteiger partial charge in [0.15, 0.2) is 11.6 Å². The SMILES string of the molecule is Cc1[nH]n(-c2ccccc2)c(=O)c1C(c1cn(-c2ccc(F)c(F)c2)nn1)c1c(C)[nH]n(-c2ccccc2)c1=O. The highest BCUT2D eigenvalue weighted by Gasteiger charge is 2.33. The minimum atomic E-state index is -1.04. The van der Waals surface area contributed by atoms with Gasteiger partial charge in [0.1, 0.15) is 0 Å². The minimum absolute atomic E-state index is 0.233. The summed E-state index contributed by atoms with van der Waals surface area (Å²) in [5, 5.41) is 14.7. The number of aromatic nitrogens is 7. The van der Waals surface area contributed by atoms with E-state index in [4.69, 9.17) is 0 Å². The third-order valence-electron chi connectivity index (χ3n) is 6.81. The predicted molar refractivity (Wildman–Crippen MR) is 144 cm³/mol. The van der Waals surface area contributed by atoms with Gasteiger partial charge in [-0.05, 0) is 50.2 Å². The molecule has 6 rings (SSSR count). The molecule has 0 fully saturated rings. The van der Waals surface area contributed by atoms with Gasteiger partial charge in [0.25, 0.3) is 11.1 Å². The molecular formula is C29H23F2N7O2. The molecule has 0 bridgehead atoms. The highest BCUT2D eigenvalue weighted by molar-refractivity contribution is 5.46. The van der Waals surface area contributed by atoms with Crippen molar-refractivity contribution in [3.8, 4) is 17.1 Å². The van der Waals surface area contributed by atoms with Crippen LogP contribution in [0.4, 0.5) is 8.78 Å². The Morgan fingerprint density at radius 2 is 1.23 bits per heavy atom. The third kappa shape index (κ3) is 4.17. The molecule has 0 radical (unpaired) electrons. The molecule has 2 N–H and O–H groups in total. The first kappa shape index (κ1) is 25.0. The van der Waals surface area contributed by atoms with Crippen LogP contribution >= 0.6 is 0 Å². The summed E-state index contributed by atoms with van der Waals surface area (Å²) in [5.74, 6) is -2.96. The van der Waals surface area contributed by atoms with Crippen molar-refractivity contribution in [3.63, 3.8) is 0 Å². The molecule has 9 nitrogen and oxygen atoms in total. The average Bonchev–Trinajstić information content (AvgIpc) is 3.65. The number of para-hydroxylation sites is 2. The van der Waals surface area contributed by atoms with Crippen molar-refractivity contribution in [1.82, 2.24) is 34.6 Å². The van der Waals surface area contributed by atoms with Crippen LogP contribution in [-0.4, -0.2) is 34.6 Å². The maximum Gasteiger partial charge on any atom is 0.275 e. The van der Waals surface area contributed by atoms with E-state index in [0.29, 0.717) is 33.9 Å². The topological polar surface area (TPSA) is 106 Å². The van der Waals surface area contributed by atoms with Crippen molar-refractivity contribution in [2.45, 2.75) is 19.8 Å². The molecule has 0 saturated heterocycles. The second-order valence-electron chi connectivity index (χ2n) is 9.37. The van der Waals surface area contributed by atoms with Crippen LogP contribution in [0.3, 0.4) is 0 Å². The number of aryl methyl sites for hydroxylation is 2. The molecule has 0 saturated carbocycles. The van der Waals surface area contributed by atoms with Gasteiger partial charge in [-0.3, -0.25) is 19.8 Å². The molecule has 0 spiro atoms. The van der Waals surface area contributed by atoms with E-state index in [9.17, 15) is 18.4 Å². The molecule has 6 aromatic rings. The summed E-state index contributed by atoms with van der Waals surface area (Å²) in [7, 11) is 0. The Bertz CT molecular complexity index is 1850. The van der Waals surface area contributed by atoms with Gasteiger partial charge in [0.2, 0.25) is 0 Å². The highest BCUT2D eigenvalue weighted by Crippen LogP contribution is 2.31. The molecule has 3 aromatic heterocycles. The smallest absolute Gasteiger partial charge is 0.275 e. The summed E-state index contributed by atoms with van der Waals surface area (Å²) in [5.41, 5.74) is 2.72. The zero-order valence-electron chi connectivity index (χ0n) is 21.5. The predicted octanol–water partition coefficient (Wildman–Crippen LogP) is 4.30. The minimum Gasteiger partial charge on any atom is -0.295 e. The number of aromatic amines is 2. The summed E-state index contributed by atoms with van der Waals surface area (Å²) in [6, 6.07) is 21.5. The van der Waals surface area contributed by atoms with E-state index in [1.807, 2.05) is 36.4 Å². The fourth-order valence-electron chi connectivity index (χ4n) is 4.92. The molecule has 200 valence electrons. The number of hydrogen-bond donors (Lipinski definition) is 2. The van der Waals surface area contributed by atoms with E-state index < -0.39 is 17.6 Å². The summed E-state index contributed by atoms with van der Waals surface area (Å²) >= 11 is 0. The highest BCUT2D eigenvalue weighted by atomic mass is 19.2. The van der Waals surface area contributed by atoms with Gasteiger partial charge >= 0.3 is 0 Å². The lowest BCUT2D eigenvalue weighted by atomic mass is 9.89. The van der Waals surface area contributed by atoms with E-state index in [-0.39, 0.29) is 22.5 Å². The molecule has 3 aromatic carbocycles. The lowest BCUT2D eigenvalue weighted by molar-refractivity contribution is 0.507. The van der Waals surface area contributed by atoms with Crippen LogP contribution in [0.25, 0.3) is 17.1 Å². The number of halogens is 2. The second kappa shape index (κ2) is 9.77. The number of rotatable bonds is 6. The Balaban J connectivity index is 1.57. The molecule has 0 aliphatic heterocycles. The lowest BCUT2D eigenvalue weighted by Crippen LogP contribution is -2.25. The maximum absolute atomic E-state index is 14.0. The zero-order valence-corrected chi connectivity index (χ0v) is 21.5. The summed E-state index contributed by atoms with van der Waals surface area (Å²) in [6.07, 6.45) is 1.51. The average molecular weight is 540 g/mol. The van der Waals surface area contributed by atoms with E-state index in [0.717, 1.165) is 12.1 Å². The van der Waals surface area contributed by atoms with Crippen molar-refractivity contribution in [3.05, 3.63) is 146 Å². The monoisotopic (exact) mass is 539 g/mol. The van der Waals surface area contributed by atoms with Crippen LogP contribution in [-0.2, 0) is 0 Å². The lowest BCUT2D eigenvalue weighted by Gasteiger charge is -2.12. The summed E-state index contributed by atoms with van der Waals surface area (Å²) in [6.45, 7) is 3.50. The van der Waals surface area contributed by atoms with Crippen LogP contribution in [0.5, 0.6) is 0 Å². The number of nitrogens with zero attached hydrogens (tertiary/aromatic N) is 5. The van der Waals surface area contributed by atoms with Gasteiger partial charge in [-0.25, -0.2) is 22.8 Å². The normalized spacial score (nSPS) is 11.4. The first-order valence-corrected chi connectivity index (χ1v) is 12.4. The van der Waals surface area contributed by atoms with Crippen molar-refractivity contribution in [2.24, 2.45) is 0 Å². The molecule has 0 unspecified atom stereocenters. The largest absolute Gasteiger partial charge is 0.295 e. The van der Waals surface area contributed by atoms with Crippen molar-refractivity contribution in [1.29, 1.82) is 0 Å². The third-order valence-corrected chi connectivity index (χ3v) is 6.81. The van der Waals surface area contributed by atoms with Crippen molar-refractivity contribution in [2.75, 3.05) is 0 Å². The number of H-pyrrole nitrogens is 2. The van der Waals surface area contributed by atoms with Gasteiger partial charge in [-0.2, -0.15) is 0 Å². The molecule has 3 heterocycles. The number of benzene rings is 3. The fourth-order valence-corrected chi connectivity index (χ4v) is 4.92. The van der Waals surface area contributed by atoms with Crippen LogP contribution < -0.4 is 11.1 Å². The maximum atomic E-state index is 14.0. The van der Waals surface area contributed by atoms with Crippen molar-refractivity contribution >= 4 is 0 Å². The fraction of sp³-hybridized carbons (Fsp3) is 0.103. The van der Waals surface area contributed by atoms with Crippen LogP contribution in [0.1, 0.15) is 34.1 Å². The Morgan fingerprint density at radius 3 is 1.73 bits per heavy atom. The van der Waals surface area contributed by atoms with Gasteiger partial charge in [-0.1, -0.05) is 41.6 Å². The van der Waals surface area contributed by atoms with E-state index >= 15 is 0 Å². The zero-order chi connectivity index (χ0) is 28.0. The quantitative estimate of drug-likeness (QED) is 0.329. The van der Waals surface area contributed by atoms with Crippen LogP contribution in [0.15, 0.2) is 94.6 Å². The van der Waals surface area contributed by atoms with Gasteiger partial charge in [0.05, 0.1) is 46.0 Å². The van der Waals surface area contributed by atoms with Crippen LogP contribution in [0.2, 0.25) is 0 Å². The van der Waals surface area contributed by atoms with Gasteiger partial charge in [0, 0.05) is 17.5 Å². The Hall–Kier alpha value is -5.32. The molecule has 0 aliphatic carbocycles. The van der Waals surface area contributed by atoms with Crippen LogP contribution in [0, 0.1) is 25.5 Å². The van der Waals surface area contributed by atoms with Gasteiger partial charge < -0.3 is 0 Å². The first-order chi connectivity index (χ1) is 19.3. The first-order valence-electron chi connectivity index (χ1n) is 12.4. The molecule has 40 heavy (non-hydrogen) atoms. The molecule has 0 aliphatic rings. The molecule has 0 atom stereocenters. The second-order valence-corrected chi connectivity index (χ2v) is 9.37. The number of nitrogens with one attached hydrogen (secondary N) is 2. The van der Waals surface area contributed by atoms with E-state index in [1.165, 1.54) is 26.3 Å². The number of hydrogen-bond acceptors (Lipinski definition) is 4. The Morgan fingerprint density at radius 1 is 0.700 bits per heavy atom. The van der Waals surface area contributed by atoms with E-state index in [2.05, 4.69) is 20.5 Å². The molecule has 0 amide bonds. The standard InChI is InChI=1S/C29H23F2N7O2/c1-17-25(28(39)37(33-17)19-9-5-3-6-10-19)27(24-16-36(35-32-24)21-13-14-22(30)23(31)15-21)26-18(2)34-38(29(26)40)20-11-7-4-8-12-20/h3-16,27,33-34H,1-2H3. The van der Waals surface area contributed by atoms with Gasteiger partial charge in [-0.15, -0.1) is 5.10 Å². The Labute approximate surface area is 225 Å². The van der Waals surface area contributed by atoms with Crippen molar-refractivity contribution < 1.29 is 8.78 Å². The molecule has 11 heteroatoms. The van der Waals surface area contributed by atoms with E-state index in [1.54, 1.807) is 38.1 Å². The molecular weight excluding hydrogens is 516 g/mol.